The van der Waals surface area contributed by atoms with E-state index in [1.165, 1.54) is 116 Å². The molecule has 1 unspecified atom stereocenters. The van der Waals surface area contributed by atoms with Crippen LogP contribution in [0.25, 0.3) is 0 Å². The molecule has 0 aromatic heterocycles. The molecule has 6 heteroatoms. The van der Waals surface area contributed by atoms with Gasteiger partial charge in [0.05, 0.1) is 0 Å². The summed E-state index contributed by atoms with van der Waals surface area (Å²) in [6.45, 7) is 6.35. The van der Waals surface area contributed by atoms with Gasteiger partial charge in [-0.25, -0.2) is 0 Å². The smallest absolute Gasteiger partial charge is 0.306 e. The molecule has 0 saturated heterocycles. The second kappa shape index (κ2) is 69.5. The zero-order valence-corrected chi connectivity index (χ0v) is 53.7. The molecule has 0 radical (unpaired) electrons. The summed E-state index contributed by atoms with van der Waals surface area (Å²) in [7, 11) is 0. The molecule has 0 spiro atoms. The van der Waals surface area contributed by atoms with Gasteiger partial charge in [0, 0.05) is 19.3 Å². The molecule has 1 atom stereocenters. The van der Waals surface area contributed by atoms with Gasteiger partial charge in [-0.3, -0.25) is 14.4 Å². The van der Waals surface area contributed by atoms with Crippen molar-refractivity contribution >= 4 is 17.9 Å². The lowest BCUT2D eigenvalue weighted by atomic mass is 10.0. The zero-order chi connectivity index (χ0) is 59.9. The van der Waals surface area contributed by atoms with Crippen molar-refractivity contribution in [1.82, 2.24) is 0 Å². The third-order valence-electron chi connectivity index (χ3n) is 14.0. The molecule has 0 aliphatic heterocycles. The van der Waals surface area contributed by atoms with E-state index in [0.717, 1.165) is 122 Å². The standard InChI is InChI=1S/C77H124O6/c1-4-7-10-13-16-19-22-25-28-30-32-34-36-37-38-39-41-42-44-46-49-52-55-58-61-64-67-70-76(79)82-73-74(72-81-75(78)69-66-63-60-57-54-51-48-27-24-21-18-15-12-9-6-3)83-77(80)71-68-65-62-59-56-53-50-47-45-43-40-35-33-31-29-26-23-20-17-14-11-8-5-2/h7,9-10,12,16,18-19,21,25,27-28,31-34,37-38,41-42,46,48-49,54-55,57-58,74H,4-6,8,11,13-15,17,20,22-24,26,29-30,35-36,39-40,43-45,47,50-53,56,59-73H2,1-3H3/b10-7-,12-9-,19-16-,21-18-,28-25-,33-31-,34-32-,38-37-,42-41-,48-27-,49-46-,57-54-,58-55-. The Hall–Kier alpha value is -4.97. The Labute approximate surface area is 511 Å². The number of ether oxygens (including phenoxy) is 3. The number of rotatable bonds is 60. The van der Waals surface area contributed by atoms with Crippen molar-refractivity contribution in [2.24, 2.45) is 0 Å². The topological polar surface area (TPSA) is 78.9 Å². The second-order valence-electron chi connectivity index (χ2n) is 22.0. The van der Waals surface area contributed by atoms with Crippen LogP contribution >= 0.6 is 0 Å². The van der Waals surface area contributed by atoms with Crippen molar-refractivity contribution in [3.05, 3.63) is 158 Å². The zero-order valence-electron chi connectivity index (χ0n) is 53.7. The summed E-state index contributed by atoms with van der Waals surface area (Å²) >= 11 is 0. The van der Waals surface area contributed by atoms with Crippen molar-refractivity contribution < 1.29 is 28.6 Å². The minimum absolute atomic E-state index is 0.119. The van der Waals surface area contributed by atoms with E-state index in [4.69, 9.17) is 14.2 Å². The van der Waals surface area contributed by atoms with Gasteiger partial charge in [0.1, 0.15) is 13.2 Å². The quantitative estimate of drug-likeness (QED) is 0.0261. The average Bonchev–Trinajstić information content (AvgIpc) is 3.49. The van der Waals surface area contributed by atoms with Gasteiger partial charge in [0.15, 0.2) is 6.10 Å². The van der Waals surface area contributed by atoms with Crippen LogP contribution in [-0.2, 0) is 28.6 Å². The Morgan fingerprint density at radius 3 is 0.771 bits per heavy atom. The van der Waals surface area contributed by atoms with Crippen molar-refractivity contribution in [3.8, 4) is 0 Å². The summed E-state index contributed by atoms with van der Waals surface area (Å²) in [6, 6.07) is 0. The molecule has 0 aromatic carbocycles. The van der Waals surface area contributed by atoms with Gasteiger partial charge in [-0.1, -0.05) is 281 Å². The monoisotopic (exact) mass is 1140 g/mol. The highest BCUT2D eigenvalue weighted by molar-refractivity contribution is 5.71. The Bertz CT molecular complexity index is 1840. The summed E-state index contributed by atoms with van der Waals surface area (Å²) in [5.74, 6) is -1.00. The first-order valence-electron chi connectivity index (χ1n) is 34.0. The van der Waals surface area contributed by atoms with Crippen LogP contribution in [0.2, 0.25) is 0 Å². The van der Waals surface area contributed by atoms with Gasteiger partial charge >= 0.3 is 17.9 Å². The van der Waals surface area contributed by atoms with E-state index in [1.807, 2.05) is 0 Å². The lowest BCUT2D eigenvalue weighted by Gasteiger charge is -2.18. The molecule has 0 aromatic rings. The third-order valence-corrected chi connectivity index (χ3v) is 14.0. The van der Waals surface area contributed by atoms with Crippen molar-refractivity contribution in [3.63, 3.8) is 0 Å². The van der Waals surface area contributed by atoms with Crippen LogP contribution in [0.5, 0.6) is 0 Å². The normalized spacial score (nSPS) is 13.1. The maximum absolute atomic E-state index is 12.9. The fourth-order valence-corrected chi connectivity index (χ4v) is 8.97. The molecule has 0 N–H and O–H groups in total. The molecule has 83 heavy (non-hydrogen) atoms. The van der Waals surface area contributed by atoms with Crippen LogP contribution < -0.4 is 0 Å². The molecule has 0 heterocycles. The molecule has 0 rings (SSSR count). The van der Waals surface area contributed by atoms with Gasteiger partial charge in [0.2, 0.25) is 0 Å². The minimum atomic E-state index is -0.823. The van der Waals surface area contributed by atoms with Crippen LogP contribution in [0.3, 0.4) is 0 Å². The van der Waals surface area contributed by atoms with Crippen LogP contribution in [0.4, 0.5) is 0 Å². The number of allylic oxidation sites excluding steroid dienone is 26. The molecule has 0 aliphatic carbocycles. The number of esters is 3. The highest BCUT2D eigenvalue weighted by Gasteiger charge is 2.19. The molecular formula is C77H124O6. The Kier molecular flexibility index (Phi) is 65.4. The van der Waals surface area contributed by atoms with E-state index in [2.05, 4.69) is 179 Å². The van der Waals surface area contributed by atoms with E-state index in [0.29, 0.717) is 25.7 Å². The Morgan fingerprint density at radius 1 is 0.253 bits per heavy atom. The molecule has 0 amide bonds. The second-order valence-corrected chi connectivity index (χ2v) is 22.0. The summed E-state index contributed by atoms with van der Waals surface area (Å²) in [5, 5.41) is 0. The van der Waals surface area contributed by atoms with Crippen molar-refractivity contribution in [2.45, 2.75) is 297 Å². The summed E-state index contributed by atoms with van der Waals surface area (Å²) in [6.07, 6.45) is 101. The summed E-state index contributed by atoms with van der Waals surface area (Å²) < 4.78 is 16.9. The van der Waals surface area contributed by atoms with Crippen LogP contribution in [0.1, 0.15) is 290 Å². The minimum Gasteiger partial charge on any atom is -0.462 e. The molecular weight excluding hydrogens is 1020 g/mol. The maximum atomic E-state index is 12.9. The molecule has 0 bridgehead atoms. The lowest BCUT2D eigenvalue weighted by Crippen LogP contribution is -2.30. The summed E-state index contributed by atoms with van der Waals surface area (Å²) in [4.78, 5) is 38.4. The number of carbonyl (C=O) groups is 3. The Balaban J connectivity index is 4.48. The van der Waals surface area contributed by atoms with Crippen LogP contribution in [0, 0.1) is 0 Å². The lowest BCUT2D eigenvalue weighted by molar-refractivity contribution is -0.167. The van der Waals surface area contributed by atoms with E-state index >= 15 is 0 Å². The third kappa shape index (κ3) is 67.7. The predicted octanol–water partition coefficient (Wildman–Crippen LogP) is 23.7. The molecule has 0 fully saturated rings. The van der Waals surface area contributed by atoms with E-state index < -0.39 is 6.10 Å². The SMILES string of the molecule is CC/C=C\C/C=C\C/C=C\C/C=C\C/C=C\C/C=C\C/C=C\C/C=C\CCCCC(=O)OCC(COC(=O)CCCC/C=C\C/C=C\C/C=C\C/C=C\CC)OC(=O)CCCCCCCCCCCCC/C=C\CCCCCCCCCC. The van der Waals surface area contributed by atoms with Gasteiger partial charge in [-0.15, -0.1) is 0 Å². The largest absolute Gasteiger partial charge is 0.462 e. The maximum Gasteiger partial charge on any atom is 0.306 e. The first kappa shape index (κ1) is 78.0. The van der Waals surface area contributed by atoms with Crippen molar-refractivity contribution in [2.75, 3.05) is 13.2 Å². The molecule has 468 valence electrons. The predicted molar refractivity (Wildman–Crippen MR) is 362 cm³/mol. The van der Waals surface area contributed by atoms with Gasteiger partial charge in [-0.2, -0.15) is 0 Å². The molecule has 0 saturated carbocycles. The van der Waals surface area contributed by atoms with Gasteiger partial charge < -0.3 is 14.2 Å². The Morgan fingerprint density at radius 2 is 0.470 bits per heavy atom. The number of hydrogen-bond acceptors (Lipinski definition) is 6. The average molecular weight is 1150 g/mol. The molecule has 6 nitrogen and oxygen atoms in total. The van der Waals surface area contributed by atoms with Gasteiger partial charge in [-0.05, 0) is 148 Å². The number of hydrogen-bond donors (Lipinski definition) is 0. The van der Waals surface area contributed by atoms with E-state index in [1.54, 1.807) is 0 Å². The highest BCUT2D eigenvalue weighted by atomic mass is 16.6. The first-order valence-corrected chi connectivity index (χ1v) is 34.0. The highest BCUT2D eigenvalue weighted by Crippen LogP contribution is 2.15. The molecule has 0 aliphatic rings. The fourth-order valence-electron chi connectivity index (χ4n) is 8.97. The van der Waals surface area contributed by atoms with E-state index in [9.17, 15) is 14.4 Å². The summed E-state index contributed by atoms with van der Waals surface area (Å²) in [5.41, 5.74) is 0. The van der Waals surface area contributed by atoms with Crippen LogP contribution in [-0.4, -0.2) is 37.2 Å². The number of unbranched alkanes of at least 4 members (excludes halogenated alkanes) is 23. The van der Waals surface area contributed by atoms with E-state index in [-0.39, 0.29) is 37.5 Å². The van der Waals surface area contributed by atoms with Crippen LogP contribution in [0.15, 0.2) is 158 Å². The number of carbonyl (C=O) groups excluding carboxylic acids is 3. The fraction of sp³-hybridized carbons (Fsp3) is 0.623. The van der Waals surface area contributed by atoms with Crippen molar-refractivity contribution in [1.29, 1.82) is 0 Å². The first-order chi connectivity index (χ1) is 41.0. The van der Waals surface area contributed by atoms with Gasteiger partial charge in [0.25, 0.3) is 0 Å².